The molecule has 1 fully saturated rings. The quantitative estimate of drug-likeness (QED) is 0.487. The molecular formula is C26H36Cl2N4O2S. The summed E-state index contributed by atoms with van der Waals surface area (Å²) in [7, 11) is -3.22. The summed E-state index contributed by atoms with van der Waals surface area (Å²) in [6.45, 7) is 10.8. The van der Waals surface area contributed by atoms with Gasteiger partial charge in [0.15, 0.2) is 0 Å². The highest BCUT2D eigenvalue weighted by Gasteiger charge is 2.31. The average molecular weight is 540 g/mol. The van der Waals surface area contributed by atoms with Crippen molar-refractivity contribution < 1.29 is 8.42 Å². The summed E-state index contributed by atoms with van der Waals surface area (Å²) in [5, 5.41) is 2.30. The second-order valence-electron chi connectivity index (χ2n) is 9.28. The molecule has 9 heteroatoms. The molecule has 0 amide bonds. The van der Waals surface area contributed by atoms with Gasteiger partial charge < -0.3 is 9.80 Å². The predicted octanol–water partition coefficient (Wildman–Crippen LogP) is 4.84. The summed E-state index contributed by atoms with van der Waals surface area (Å²) in [5.74, 6) is 1.09. The zero-order valence-corrected chi connectivity index (χ0v) is 23.1. The normalized spacial score (nSPS) is 22.1. The number of aromatic nitrogens is 1. The molecule has 1 aliphatic heterocycles. The van der Waals surface area contributed by atoms with Crippen LogP contribution in [0.5, 0.6) is 0 Å². The molecule has 6 nitrogen and oxygen atoms in total. The smallest absolute Gasteiger partial charge is 0.211 e. The van der Waals surface area contributed by atoms with Crippen molar-refractivity contribution in [2.75, 3.05) is 43.4 Å². The number of hydrogen-bond donors (Lipinski definition) is 1. The number of halogens is 2. The molecule has 0 saturated carbocycles. The number of sulfonamides is 1. The molecule has 0 radical (unpaired) electrons. The minimum Gasteiger partial charge on any atom is -0.354 e. The molecule has 192 valence electrons. The van der Waals surface area contributed by atoms with E-state index in [9.17, 15) is 8.42 Å². The molecule has 35 heavy (non-hydrogen) atoms. The van der Waals surface area contributed by atoms with Crippen molar-refractivity contribution in [3.05, 3.63) is 59.8 Å². The second kappa shape index (κ2) is 11.6. The first kappa shape index (κ1) is 27.9. The molecule has 0 bridgehead atoms. The Bertz CT molecular complexity index is 1190. The van der Waals surface area contributed by atoms with E-state index in [0.29, 0.717) is 12.8 Å². The number of nitrogens with one attached hydrogen (secondary N) is 1. The number of likely N-dealkylation sites (N-methyl/N-ethyl adjacent to an activating group) is 1. The number of fused-ring (bicyclic) bond motifs is 1. The van der Waals surface area contributed by atoms with Gasteiger partial charge in [0.05, 0.1) is 11.4 Å². The summed E-state index contributed by atoms with van der Waals surface area (Å²) < 4.78 is 26.4. The Hall–Kier alpha value is -1.64. The Kier molecular flexibility index (Phi) is 9.27. The van der Waals surface area contributed by atoms with Gasteiger partial charge in [-0.1, -0.05) is 55.0 Å². The lowest BCUT2D eigenvalue weighted by Gasteiger charge is -2.36. The van der Waals surface area contributed by atoms with E-state index in [0.717, 1.165) is 60.6 Å². The highest BCUT2D eigenvalue weighted by Crippen LogP contribution is 2.40. The molecule has 0 spiro atoms. The van der Waals surface area contributed by atoms with Crippen LogP contribution in [0.3, 0.4) is 0 Å². The molecule has 2 unspecified atom stereocenters. The fraction of sp³-hybridized carbons (Fsp3) is 0.500. The molecule has 2 aliphatic rings. The minimum atomic E-state index is -3.22. The van der Waals surface area contributed by atoms with Crippen LogP contribution < -0.4 is 9.62 Å². The van der Waals surface area contributed by atoms with E-state index >= 15 is 0 Å². The van der Waals surface area contributed by atoms with Crippen molar-refractivity contribution in [1.82, 2.24) is 14.6 Å². The molecule has 2 heterocycles. The Morgan fingerprint density at radius 1 is 1.17 bits per heavy atom. The van der Waals surface area contributed by atoms with Crippen molar-refractivity contribution in [3.8, 4) is 0 Å². The highest BCUT2D eigenvalue weighted by atomic mass is 35.5. The van der Waals surface area contributed by atoms with E-state index in [2.05, 4.69) is 57.9 Å². The molecular weight excluding hydrogens is 503 g/mol. The van der Waals surface area contributed by atoms with Gasteiger partial charge in [-0.2, -0.15) is 0 Å². The summed E-state index contributed by atoms with van der Waals surface area (Å²) in [5.41, 5.74) is 1.94. The van der Waals surface area contributed by atoms with Gasteiger partial charge in [-0.05, 0) is 44.7 Å². The zero-order chi connectivity index (χ0) is 24.3. The lowest BCUT2D eigenvalue weighted by atomic mass is 9.90. The third kappa shape index (κ3) is 6.57. The maximum Gasteiger partial charge on any atom is 0.211 e. The fourth-order valence-electron chi connectivity index (χ4n) is 4.69. The number of benzene rings is 1. The second-order valence-corrected chi connectivity index (χ2v) is 12.0. The number of alkyl halides is 1. The number of anilines is 1. The molecule has 4 rings (SSSR count). The van der Waals surface area contributed by atoms with Gasteiger partial charge >= 0.3 is 0 Å². The third-order valence-electron chi connectivity index (χ3n) is 6.79. The Labute approximate surface area is 220 Å². The van der Waals surface area contributed by atoms with E-state index in [4.69, 9.17) is 16.6 Å². The van der Waals surface area contributed by atoms with Crippen molar-refractivity contribution in [2.45, 2.75) is 44.5 Å². The van der Waals surface area contributed by atoms with Gasteiger partial charge in [-0.3, -0.25) is 0 Å². The Morgan fingerprint density at radius 2 is 1.89 bits per heavy atom. The number of hydrogen-bond acceptors (Lipinski definition) is 5. The van der Waals surface area contributed by atoms with E-state index in [1.54, 1.807) is 6.92 Å². The molecule has 1 aromatic carbocycles. The fourth-order valence-corrected chi connectivity index (χ4v) is 5.79. The lowest BCUT2D eigenvalue weighted by Crippen LogP contribution is -2.46. The van der Waals surface area contributed by atoms with Gasteiger partial charge in [-0.15, -0.1) is 24.0 Å². The Morgan fingerprint density at radius 3 is 2.51 bits per heavy atom. The summed E-state index contributed by atoms with van der Waals surface area (Å²) in [4.78, 5) is 9.24. The van der Waals surface area contributed by atoms with Gasteiger partial charge in [0.25, 0.3) is 0 Å². The van der Waals surface area contributed by atoms with E-state index < -0.39 is 14.9 Å². The Balaban J connectivity index is 0.00000342. The van der Waals surface area contributed by atoms with E-state index in [-0.39, 0.29) is 24.2 Å². The largest absolute Gasteiger partial charge is 0.354 e. The highest BCUT2D eigenvalue weighted by molar-refractivity contribution is 7.89. The van der Waals surface area contributed by atoms with E-state index in [1.165, 1.54) is 0 Å². The monoisotopic (exact) mass is 538 g/mol. The van der Waals surface area contributed by atoms with Crippen LogP contribution in [0, 0.1) is 0 Å². The number of allylic oxidation sites excluding steroid dienone is 3. The van der Waals surface area contributed by atoms with Gasteiger partial charge in [0.1, 0.15) is 10.7 Å². The standard InChI is InChI=1S/C26H35ClN4O2S.ClH/c1-4-30-14-16-31(17-15-30)25-23-9-7-6-8-22(23)19-24(28-25)26(27)12-10-21(11-13-26)18-20(3)29-34(32,33)5-2;/h6-12,19-20,29H,4-5,13-18H2,1-3H3;1H. The zero-order valence-electron chi connectivity index (χ0n) is 20.7. The van der Waals surface area contributed by atoms with Crippen LogP contribution in [0.1, 0.15) is 39.3 Å². The first-order valence-corrected chi connectivity index (χ1v) is 14.2. The van der Waals surface area contributed by atoms with Crippen molar-refractivity contribution >= 4 is 50.6 Å². The molecule has 1 aliphatic carbocycles. The van der Waals surface area contributed by atoms with Gasteiger partial charge in [0, 0.05) is 37.6 Å². The van der Waals surface area contributed by atoms with E-state index in [1.807, 2.05) is 19.1 Å². The summed E-state index contributed by atoms with van der Waals surface area (Å²) >= 11 is 7.16. The summed E-state index contributed by atoms with van der Waals surface area (Å²) in [6.07, 6.45) is 7.38. The van der Waals surface area contributed by atoms with Gasteiger partial charge in [-0.25, -0.2) is 18.1 Å². The predicted molar refractivity (Wildman–Crippen MR) is 149 cm³/mol. The third-order valence-corrected chi connectivity index (χ3v) is 8.79. The van der Waals surface area contributed by atoms with Crippen LogP contribution in [0.4, 0.5) is 5.82 Å². The number of pyridine rings is 1. The first-order chi connectivity index (χ1) is 16.2. The van der Waals surface area contributed by atoms with Crippen molar-refractivity contribution in [1.29, 1.82) is 0 Å². The van der Waals surface area contributed by atoms with Crippen LogP contribution in [-0.2, 0) is 14.9 Å². The lowest BCUT2D eigenvalue weighted by molar-refractivity contribution is 0.270. The number of piperazine rings is 1. The van der Waals surface area contributed by atoms with Crippen LogP contribution in [0.2, 0.25) is 0 Å². The van der Waals surface area contributed by atoms with Crippen LogP contribution in [-0.4, -0.2) is 62.8 Å². The maximum absolute atomic E-state index is 11.9. The molecule has 2 aromatic rings. The molecule has 1 aromatic heterocycles. The first-order valence-electron chi connectivity index (χ1n) is 12.2. The SMILES string of the molecule is CCN1CCN(c2nc(C3(Cl)C=CC(CC(C)NS(=O)(=O)CC)=CC3)cc3ccccc23)CC1.Cl. The maximum atomic E-state index is 11.9. The molecule has 1 saturated heterocycles. The average Bonchev–Trinajstić information content (AvgIpc) is 2.84. The number of rotatable bonds is 8. The van der Waals surface area contributed by atoms with Crippen molar-refractivity contribution in [2.24, 2.45) is 0 Å². The summed E-state index contributed by atoms with van der Waals surface area (Å²) in [6, 6.07) is 10.3. The van der Waals surface area contributed by atoms with Crippen molar-refractivity contribution in [3.63, 3.8) is 0 Å². The molecule has 2 atom stereocenters. The minimum absolute atomic E-state index is 0. The van der Waals surface area contributed by atoms with Gasteiger partial charge in [0.2, 0.25) is 10.0 Å². The topological polar surface area (TPSA) is 65.5 Å². The van der Waals surface area contributed by atoms with Crippen LogP contribution in [0.25, 0.3) is 10.8 Å². The van der Waals surface area contributed by atoms with Crippen LogP contribution in [0.15, 0.2) is 54.1 Å². The molecule has 1 N–H and O–H groups in total. The van der Waals surface area contributed by atoms with Crippen LogP contribution >= 0.6 is 24.0 Å². The number of nitrogens with zero attached hydrogens (tertiary/aromatic N) is 3.